The van der Waals surface area contributed by atoms with Crippen molar-refractivity contribution in [2.24, 2.45) is 5.92 Å². The minimum atomic E-state index is -1.02. The standard InChI is InChI=1S/C25H31BrO4/c1-2-3-4-8-22(27)17-9-11-19(12-10-17)24-18(13-15-21(24)26)6-5-7-20-14-16-23(30-20)25(28)29/h9-12,14,16,18,22,27H,2-8,13,15H2,1H3,(H,28,29)/t18-,22?/m0/s1. The number of carboxylic acid groups (broad SMARTS) is 1. The summed E-state index contributed by atoms with van der Waals surface area (Å²) in [5.74, 6) is 0.196. The maximum Gasteiger partial charge on any atom is 0.371 e. The number of benzene rings is 1. The van der Waals surface area contributed by atoms with Gasteiger partial charge in [-0.3, -0.25) is 0 Å². The second kappa shape index (κ2) is 11.0. The number of aliphatic hydroxyl groups is 1. The van der Waals surface area contributed by atoms with Crippen LogP contribution in [0.5, 0.6) is 0 Å². The Balaban J connectivity index is 1.58. The van der Waals surface area contributed by atoms with E-state index in [0.717, 1.165) is 69.1 Å². The molecule has 1 unspecified atom stereocenters. The molecule has 0 bridgehead atoms. The highest BCUT2D eigenvalue weighted by Crippen LogP contribution is 2.44. The van der Waals surface area contributed by atoms with E-state index in [9.17, 15) is 9.90 Å². The molecule has 1 aromatic heterocycles. The number of aromatic carboxylic acids is 1. The Kier molecular flexibility index (Phi) is 8.34. The van der Waals surface area contributed by atoms with Gasteiger partial charge >= 0.3 is 5.97 Å². The van der Waals surface area contributed by atoms with Crippen molar-refractivity contribution >= 4 is 27.5 Å². The summed E-state index contributed by atoms with van der Waals surface area (Å²) < 4.78 is 6.64. The molecule has 1 heterocycles. The highest BCUT2D eigenvalue weighted by atomic mass is 79.9. The van der Waals surface area contributed by atoms with Crippen LogP contribution in [0.2, 0.25) is 0 Å². The molecule has 0 saturated carbocycles. The van der Waals surface area contributed by atoms with Gasteiger partial charge in [-0.1, -0.05) is 66.4 Å². The molecule has 2 N–H and O–H groups in total. The molecule has 1 aromatic carbocycles. The van der Waals surface area contributed by atoms with Crippen LogP contribution in [0.25, 0.3) is 5.57 Å². The van der Waals surface area contributed by atoms with Crippen LogP contribution in [-0.2, 0) is 6.42 Å². The van der Waals surface area contributed by atoms with Crippen molar-refractivity contribution in [1.29, 1.82) is 0 Å². The maximum atomic E-state index is 10.9. The van der Waals surface area contributed by atoms with Gasteiger partial charge < -0.3 is 14.6 Å². The third kappa shape index (κ3) is 5.86. The summed E-state index contributed by atoms with van der Waals surface area (Å²) in [7, 11) is 0. The predicted octanol–water partition coefficient (Wildman–Crippen LogP) is 7.13. The zero-order valence-electron chi connectivity index (χ0n) is 17.6. The number of halogens is 1. The molecule has 0 amide bonds. The maximum absolute atomic E-state index is 10.9. The Hall–Kier alpha value is -1.85. The van der Waals surface area contributed by atoms with Crippen molar-refractivity contribution in [3.05, 3.63) is 63.5 Å². The van der Waals surface area contributed by atoms with Crippen LogP contribution in [0.3, 0.4) is 0 Å². The minimum absolute atomic E-state index is 0.00571. The monoisotopic (exact) mass is 474 g/mol. The summed E-state index contributed by atoms with van der Waals surface area (Å²) in [5.41, 5.74) is 3.58. The van der Waals surface area contributed by atoms with E-state index in [-0.39, 0.29) is 11.9 Å². The Morgan fingerprint density at radius 2 is 1.93 bits per heavy atom. The average molecular weight is 475 g/mol. The van der Waals surface area contributed by atoms with Crippen molar-refractivity contribution in [3.63, 3.8) is 0 Å². The topological polar surface area (TPSA) is 70.7 Å². The Bertz CT molecular complexity index is 866. The third-order valence-electron chi connectivity index (χ3n) is 5.95. The zero-order valence-corrected chi connectivity index (χ0v) is 19.2. The lowest BCUT2D eigenvalue weighted by Crippen LogP contribution is -2.02. The first-order valence-electron chi connectivity index (χ1n) is 11.0. The highest BCUT2D eigenvalue weighted by molar-refractivity contribution is 9.11. The number of allylic oxidation sites excluding steroid dienone is 2. The molecular formula is C25H31BrO4. The van der Waals surface area contributed by atoms with Crippen LogP contribution in [0.4, 0.5) is 0 Å². The number of carbonyl (C=O) groups is 1. The lowest BCUT2D eigenvalue weighted by atomic mass is 9.89. The molecule has 30 heavy (non-hydrogen) atoms. The molecule has 0 radical (unpaired) electrons. The number of carboxylic acids is 1. The highest BCUT2D eigenvalue weighted by Gasteiger charge is 2.25. The molecule has 2 aromatic rings. The number of aryl methyl sites for hydroxylation is 1. The van der Waals surface area contributed by atoms with E-state index < -0.39 is 5.97 Å². The number of hydrogen-bond acceptors (Lipinski definition) is 3. The van der Waals surface area contributed by atoms with Gasteiger partial charge in [0.05, 0.1) is 6.10 Å². The minimum Gasteiger partial charge on any atom is -0.475 e. The van der Waals surface area contributed by atoms with E-state index >= 15 is 0 Å². The smallest absolute Gasteiger partial charge is 0.371 e. The third-order valence-corrected chi connectivity index (χ3v) is 6.77. The first-order chi connectivity index (χ1) is 14.5. The van der Waals surface area contributed by atoms with Crippen molar-refractivity contribution in [2.75, 3.05) is 0 Å². The molecule has 5 heteroatoms. The molecule has 0 aliphatic heterocycles. The van der Waals surface area contributed by atoms with E-state index in [1.165, 1.54) is 21.7 Å². The van der Waals surface area contributed by atoms with Crippen LogP contribution in [0, 0.1) is 5.92 Å². The molecule has 0 fully saturated rings. The summed E-state index contributed by atoms with van der Waals surface area (Å²) >= 11 is 3.77. The lowest BCUT2D eigenvalue weighted by molar-refractivity contribution is 0.0660. The Morgan fingerprint density at radius 3 is 2.60 bits per heavy atom. The van der Waals surface area contributed by atoms with Gasteiger partial charge in [0.1, 0.15) is 5.76 Å². The molecule has 1 aliphatic carbocycles. The number of aliphatic hydroxyl groups excluding tert-OH is 1. The molecule has 0 spiro atoms. The van der Waals surface area contributed by atoms with Crippen molar-refractivity contribution in [2.45, 2.75) is 70.8 Å². The first-order valence-corrected chi connectivity index (χ1v) is 11.8. The second-order valence-corrected chi connectivity index (χ2v) is 9.11. The van der Waals surface area contributed by atoms with Crippen molar-refractivity contribution in [1.82, 2.24) is 0 Å². The molecule has 4 nitrogen and oxygen atoms in total. The largest absolute Gasteiger partial charge is 0.475 e. The molecular weight excluding hydrogens is 444 g/mol. The van der Waals surface area contributed by atoms with Gasteiger partial charge in [0, 0.05) is 6.42 Å². The van der Waals surface area contributed by atoms with Gasteiger partial charge in [0.25, 0.3) is 0 Å². The van der Waals surface area contributed by atoms with Gasteiger partial charge in [-0.25, -0.2) is 4.79 Å². The number of furan rings is 1. The molecule has 3 rings (SSSR count). The summed E-state index contributed by atoms with van der Waals surface area (Å²) in [4.78, 5) is 10.9. The molecule has 1 aliphatic rings. The summed E-state index contributed by atoms with van der Waals surface area (Å²) in [5, 5.41) is 19.4. The second-order valence-electron chi connectivity index (χ2n) is 8.15. The SMILES string of the molecule is CCCCCC(O)c1ccc(C2=C(Br)CC[C@@H]2CCCc2ccc(C(=O)O)o2)cc1. The van der Waals surface area contributed by atoms with E-state index in [4.69, 9.17) is 9.52 Å². The number of unbranched alkanes of at least 4 members (excludes halogenated alkanes) is 2. The molecule has 162 valence electrons. The van der Waals surface area contributed by atoms with Crippen LogP contribution in [0.15, 0.2) is 45.3 Å². The van der Waals surface area contributed by atoms with Gasteiger partial charge in [0.2, 0.25) is 5.76 Å². The first kappa shape index (κ1) is 22.8. The normalized spacial score (nSPS) is 17.5. The fourth-order valence-corrected chi connectivity index (χ4v) is 5.05. The summed E-state index contributed by atoms with van der Waals surface area (Å²) in [6, 6.07) is 11.7. The van der Waals surface area contributed by atoms with Crippen molar-refractivity contribution in [3.8, 4) is 0 Å². The summed E-state index contributed by atoms with van der Waals surface area (Å²) in [6.07, 6.45) is 8.72. The van der Waals surface area contributed by atoms with E-state index in [1.54, 1.807) is 6.07 Å². The van der Waals surface area contributed by atoms with Crippen LogP contribution in [-0.4, -0.2) is 16.2 Å². The molecule has 0 saturated heterocycles. The molecule has 2 atom stereocenters. The van der Waals surface area contributed by atoms with Gasteiger partial charge in [-0.05, 0) is 71.3 Å². The van der Waals surface area contributed by atoms with Crippen LogP contribution in [0.1, 0.15) is 91.8 Å². The predicted molar refractivity (Wildman–Crippen MR) is 123 cm³/mol. The van der Waals surface area contributed by atoms with Gasteiger partial charge in [0.15, 0.2) is 0 Å². The van der Waals surface area contributed by atoms with E-state index in [2.05, 4.69) is 47.1 Å². The number of hydrogen-bond donors (Lipinski definition) is 2. The van der Waals surface area contributed by atoms with E-state index in [1.807, 2.05) is 0 Å². The van der Waals surface area contributed by atoms with Gasteiger partial charge in [-0.15, -0.1) is 0 Å². The van der Waals surface area contributed by atoms with E-state index in [0.29, 0.717) is 5.92 Å². The fraction of sp³-hybridized carbons (Fsp3) is 0.480. The zero-order chi connectivity index (χ0) is 21.5. The Morgan fingerprint density at radius 1 is 1.17 bits per heavy atom. The van der Waals surface area contributed by atoms with Gasteiger partial charge in [-0.2, -0.15) is 0 Å². The summed E-state index contributed by atoms with van der Waals surface area (Å²) in [6.45, 7) is 2.17. The average Bonchev–Trinajstić information content (AvgIpc) is 3.35. The van der Waals surface area contributed by atoms with Crippen molar-refractivity contribution < 1.29 is 19.4 Å². The van der Waals surface area contributed by atoms with Crippen LogP contribution >= 0.6 is 15.9 Å². The Labute approximate surface area is 187 Å². The lowest BCUT2D eigenvalue weighted by Gasteiger charge is -2.17. The van der Waals surface area contributed by atoms with Crippen LogP contribution < -0.4 is 0 Å². The fourth-order valence-electron chi connectivity index (χ4n) is 4.27. The quantitative estimate of drug-likeness (QED) is 0.339. The number of rotatable bonds is 11.